The molecular formula is C13H11BrN2O2. The SMILES string of the molecule is Cc1ccc(Br)cc1Nc1ccc(C(=O)O)cn1. The number of aryl methyl sites for hydroxylation is 1. The van der Waals surface area contributed by atoms with E-state index in [-0.39, 0.29) is 5.56 Å². The smallest absolute Gasteiger partial charge is 0.337 e. The van der Waals surface area contributed by atoms with E-state index in [1.54, 1.807) is 6.07 Å². The molecule has 0 aliphatic rings. The number of carboxylic acids is 1. The molecule has 92 valence electrons. The van der Waals surface area contributed by atoms with Crippen LogP contribution in [0.3, 0.4) is 0 Å². The summed E-state index contributed by atoms with van der Waals surface area (Å²) >= 11 is 3.40. The van der Waals surface area contributed by atoms with Crippen molar-refractivity contribution in [3.8, 4) is 0 Å². The van der Waals surface area contributed by atoms with Gasteiger partial charge in [0.05, 0.1) is 5.56 Å². The third-order valence-electron chi connectivity index (χ3n) is 2.47. The number of hydrogen-bond donors (Lipinski definition) is 2. The lowest BCUT2D eigenvalue weighted by Crippen LogP contribution is -2.00. The topological polar surface area (TPSA) is 62.2 Å². The second-order valence-electron chi connectivity index (χ2n) is 3.82. The summed E-state index contributed by atoms with van der Waals surface area (Å²) in [7, 11) is 0. The van der Waals surface area contributed by atoms with Gasteiger partial charge in [0.15, 0.2) is 0 Å². The van der Waals surface area contributed by atoms with E-state index < -0.39 is 5.97 Å². The zero-order valence-electron chi connectivity index (χ0n) is 9.64. The van der Waals surface area contributed by atoms with Gasteiger partial charge < -0.3 is 10.4 Å². The summed E-state index contributed by atoms with van der Waals surface area (Å²) in [5.41, 5.74) is 2.19. The zero-order valence-corrected chi connectivity index (χ0v) is 11.2. The summed E-state index contributed by atoms with van der Waals surface area (Å²) in [6, 6.07) is 9.05. The van der Waals surface area contributed by atoms with Gasteiger partial charge >= 0.3 is 5.97 Å². The minimum atomic E-state index is -0.979. The monoisotopic (exact) mass is 306 g/mol. The molecule has 0 aliphatic heterocycles. The lowest BCUT2D eigenvalue weighted by molar-refractivity contribution is 0.0696. The summed E-state index contributed by atoms with van der Waals surface area (Å²) in [6.45, 7) is 1.99. The Balaban J connectivity index is 2.23. The Kier molecular flexibility index (Phi) is 3.62. The van der Waals surface area contributed by atoms with Crippen molar-refractivity contribution in [1.82, 2.24) is 4.98 Å². The Labute approximate surface area is 113 Å². The van der Waals surface area contributed by atoms with Gasteiger partial charge in [0.1, 0.15) is 5.82 Å². The standard InChI is InChI=1S/C13H11BrN2O2/c1-8-2-4-10(14)6-11(8)16-12-5-3-9(7-15-12)13(17)18/h2-7H,1H3,(H,15,16)(H,17,18). The molecule has 1 aromatic heterocycles. The summed E-state index contributed by atoms with van der Waals surface area (Å²) in [5, 5.41) is 11.9. The summed E-state index contributed by atoms with van der Waals surface area (Å²) in [4.78, 5) is 14.8. The van der Waals surface area contributed by atoms with Crippen LogP contribution < -0.4 is 5.32 Å². The molecule has 0 bridgehead atoms. The van der Waals surface area contributed by atoms with Crippen LogP contribution in [0, 0.1) is 6.92 Å². The number of halogens is 1. The third-order valence-corrected chi connectivity index (χ3v) is 2.97. The number of nitrogens with zero attached hydrogens (tertiary/aromatic N) is 1. The van der Waals surface area contributed by atoms with Crippen molar-refractivity contribution in [1.29, 1.82) is 0 Å². The molecule has 0 aliphatic carbocycles. The molecule has 0 amide bonds. The summed E-state index contributed by atoms with van der Waals surface area (Å²) < 4.78 is 0.970. The highest BCUT2D eigenvalue weighted by Gasteiger charge is 2.04. The number of carboxylic acid groups (broad SMARTS) is 1. The maximum atomic E-state index is 10.7. The minimum Gasteiger partial charge on any atom is -0.478 e. The molecule has 1 aromatic carbocycles. The zero-order chi connectivity index (χ0) is 13.1. The molecule has 0 spiro atoms. The maximum absolute atomic E-state index is 10.7. The predicted molar refractivity (Wildman–Crippen MR) is 73.4 cm³/mol. The molecule has 0 atom stereocenters. The van der Waals surface area contributed by atoms with Gasteiger partial charge in [-0.25, -0.2) is 9.78 Å². The van der Waals surface area contributed by atoms with E-state index in [1.807, 2.05) is 25.1 Å². The van der Waals surface area contributed by atoms with Crippen molar-refractivity contribution in [2.24, 2.45) is 0 Å². The molecule has 0 saturated carbocycles. The first-order chi connectivity index (χ1) is 8.56. The van der Waals surface area contributed by atoms with E-state index >= 15 is 0 Å². The molecule has 0 saturated heterocycles. The van der Waals surface area contributed by atoms with Gasteiger partial charge in [-0.1, -0.05) is 22.0 Å². The van der Waals surface area contributed by atoms with Crippen molar-refractivity contribution in [3.63, 3.8) is 0 Å². The van der Waals surface area contributed by atoms with Gasteiger partial charge in [-0.3, -0.25) is 0 Å². The first kappa shape index (κ1) is 12.6. The highest BCUT2D eigenvalue weighted by Crippen LogP contribution is 2.23. The number of aromatic carboxylic acids is 1. The maximum Gasteiger partial charge on any atom is 0.337 e. The predicted octanol–water partition coefficient (Wildman–Crippen LogP) is 3.59. The van der Waals surface area contributed by atoms with Crippen LogP contribution in [0.25, 0.3) is 0 Å². The average Bonchev–Trinajstić information content (AvgIpc) is 2.34. The van der Waals surface area contributed by atoms with Gasteiger partial charge in [-0.15, -0.1) is 0 Å². The minimum absolute atomic E-state index is 0.173. The van der Waals surface area contributed by atoms with Crippen LogP contribution in [0.4, 0.5) is 11.5 Å². The van der Waals surface area contributed by atoms with Crippen LogP contribution in [0.15, 0.2) is 41.0 Å². The lowest BCUT2D eigenvalue weighted by Gasteiger charge is -2.09. The third kappa shape index (κ3) is 2.87. The van der Waals surface area contributed by atoms with Gasteiger partial charge in [0, 0.05) is 16.4 Å². The van der Waals surface area contributed by atoms with E-state index in [2.05, 4.69) is 26.2 Å². The van der Waals surface area contributed by atoms with Gasteiger partial charge in [-0.2, -0.15) is 0 Å². The Morgan fingerprint density at radius 3 is 2.72 bits per heavy atom. The summed E-state index contributed by atoms with van der Waals surface area (Å²) in [6.07, 6.45) is 1.33. The van der Waals surface area contributed by atoms with E-state index in [9.17, 15) is 4.79 Å². The number of nitrogens with one attached hydrogen (secondary N) is 1. The van der Waals surface area contributed by atoms with Crippen molar-refractivity contribution in [2.75, 3.05) is 5.32 Å². The number of carbonyl (C=O) groups is 1. The van der Waals surface area contributed by atoms with Crippen molar-refractivity contribution in [3.05, 3.63) is 52.1 Å². The largest absolute Gasteiger partial charge is 0.478 e. The number of anilines is 2. The van der Waals surface area contributed by atoms with Crippen LogP contribution in [0.1, 0.15) is 15.9 Å². The molecular weight excluding hydrogens is 296 g/mol. The van der Waals surface area contributed by atoms with E-state index in [0.29, 0.717) is 5.82 Å². The Morgan fingerprint density at radius 2 is 2.11 bits per heavy atom. The number of rotatable bonds is 3. The molecule has 18 heavy (non-hydrogen) atoms. The van der Waals surface area contributed by atoms with Gasteiger partial charge in [0.25, 0.3) is 0 Å². The molecule has 4 nitrogen and oxygen atoms in total. The van der Waals surface area contributed by atoms with Gasteiger partial charge in [-0.05, 0) is 36.8 Å². The second-order valence-corrected chi connectivity index (χ2v) is 4.74. The molecule has 2 aromatic rings. The van der Waals surface area contributed by atoms with Crippen molar-refractivity contribution in [2.45, 2.75) is 6.92 Å². The number of hydrogen-bond acceptors (Lipinski definition) is 3. The van der Waals surface area contributed by atoms with Crippen LogP contribution in [-0.4, -0.2) is 16.1 Å². The number of pyridine rings is 1. The average molecular weight is 307 g/mol. The Morgan fingerprint density at radius 1 is 1.33 bits per heavy atom. The second kappa shape index (κ2) is 5.18. The molecule has 0 fully saturated rings. The fraction of sp³-hybridized carbons (Fsp3) is 0.0769. The fourth-order valence-corrected chi connectivity index (χ4v) is 1.82. The van der Waals surface area contributed by atoms with Crippen LogP contribution in [0.5, 0.6) is 0 Å². The van der Waals surface area contributed by atoms with Crippen LogP contribution in [0.2, 0.25) is 0 Å². The fourth-order valence-electron chi connectivity index (χ4n) is 1.46. The molecule has 1 heterocycles. The Bertz CT molecular complexity index is 582. The first-order valence-electron chi connectivity index (χ1n) is 5.29. The van der Waals surface area contributed by atoms with E-state index in [0.717, 1.165) is 15.7 Å². The van der Waals surface area contributed by atoms with Crippen LogP contribution in [-0.2, 0) is 0 Å². The van der Waals surface area contributed by atoms with Gasteiger partial charge in [0.2, 0.25) is 0 Å². The first-order valence-corrected chi connectivity index (χ1v) is 6.08. The van der Waals surface area contributed by atoms with E-state index in [1.165, 1.54) is 12.3 Å². The van der Waals surface area contributed by atoms with Crippen molar-refractivity contribution < 1.29 is 9.90 Å². The normalized spacial score (nSPS) is 10.1. The van der Waals surface area contributed by atoms with Crippen LogP contribution >= 0.6 is 15.9 Å². The molecule has 2 N–H and O–H groups in total. The van der Waals surface area contributed by atoms with E-state index in [4.69, 9.17) is 5.11 Å². The Hall–Kier alpha value is -1.88. The van der Waals surface area contributed by atoms with Crippen molar-refractivity contribution >= 4 is 33.4 Å². The molecule has 5 heteroatoms. The highest BCUT2D eigenvalue weighted by atomic mass is 79.9. The summed E-state index contributed by atoms with van der Waals surface area (Å²) in [5.74, 6) is -0.367. The molecule has 0 radical (unpaired) electrons. The lowest BCUT2D eigenvalue weighted by atomic mass is 10.2. The highest BCUT2D eigenvalue weighted by molar-refractivity contribution is 9.10. The molecule has 0 unspecified atom stereocenters. The molecule has 2 rings (SSSR count). The quantitative estimate of drug-likeness (QED) is 0.909. The number of aromatic nitrogens is 1. The number of benzene rings is 1.